The van der Waals surface area contributed by atoms with Crippen LogP contribution < -0.4 is 5.32 Å². The van der Waals surface area contributed by atoms with Crippen LogP contribution in [-0.2, 0) is 0 Å². The van der Waals surface area contributed by atoms with E-state index in [1.165, 1.54) is 6.33 Å². The van der Waals surface area contributed by atoms with Crippen molar-refractivity contribution in [1.82, 2.24) is 14.9 Å². The lowest BCUT2D eigenvalue weighted by Crippen LogP contribution is -2.27. The maximum atomic E-state index is 10.9. The fraction of sp³-hybridized carbons (Fsp3) is 0.667. The summed E-state index contributed by atoms with van der Waals surface area (Å²) < 4.78 is 0. The number of hydrogen-bond donors (Lipinski definition) is 1. The van der Waals surface area contributed by atoms with Gasteiger partial charge in [0.1, 0.15) is 6.33 Å². The summed E-state index contributed by atoms with van der Waals surface area (Å²) in [7, 11) is 2.08. The Morgan fingerprint density at radius 1 is 1.45 bits per heavy atom. The Morgan fingerprint density at radius 3 is 2.75 bits per heavy atom. The molecule has 20 heavy (non-hydrogen) atoms. The predicted octanol–water partition coefficient (Wildman–Crippen LogP) is 2.57. The molecule has 0 aliphatic rings. The van der Waals surface area contributed by atoms with Crippen LogP contribution in [0.25, 0.3) is 0 Å². The van der Waals surface area contributed by atoms with Crippen LogP contribution in [0.2, 0.25) is 5.15 Å². The fourth-order valence-corrected chi connectivity index (χ4v) is 1.80. The molecule has 0 fully saturated rings. The number of unbranched alkanes of at least 4 members (excludes halogenated alkanes) is 1. The van der Waals surface area contributed by atoms with Crippen molar-refractivity contribution < 1.29 is 4.92 Å². The van der Waals surface area contributed by atoms with E-state index >= 15 is 0 Å². The van der Waals surface area contributed by atoms with Gasteiger partial charge in [0, 0.05) is 12.6 Å². The van der Waals surface area contributed by atoms with Gasteiger partial charge in [-0.1, -0.05) is 11.6 Å². The van der Waals surface area contributed by atoms with Gasteiger partial charge in [-0.15, -0.1) is 0 Å². The first kappa shape index (κ1) is 16.6. The van der Waals surface area contributed by atoms with Gasteiger partial charge in [-0.2, -0.15) is 0 Å². The number of halogens is 1. The highest BCUT2D eigenvalue weighted by Gasteiger charge is 2.20. The summed E-state index contributed by atoms with van der Waals surface area (Å²) in [6.07, 6.45) is 3.12. The highest BCUT2D eigenvalue weighted by Crippen LogP contribution is 2.28. The molecular weight excluding hydrogens is 282 g/mol. The number of anilines is 1. The molecule has 0 saturated heterocycles. The molecule has 0 amide bonds. The van der Waals surface area contributed by atoms with Gasteiger partial charge in [-0.05, 0) is 40.3 Å². The molecule has 112 valence electrons. The average molecular weight is 302 g/mol. The third kappa shape index (κ3) is 4.90. The number of nitrogens with one attached hydrogen (secondary N) is 1. The second kappa shape index (κ2) is 7.96. The monoisotopic (exact) mass is 301 g/mol. The van der Waals surface area contributed by atoms with Crippen LogP contribution in [0.3, 0.4) is 0 Å². The van der Waals surface area contributed by atoms with Crippen molar-refractivity contribution in [1.29, 1.82) is 0 Å². The third-order valence-corrected chi connectivity index (χ3v) is 3.35. The second-order valence-corrected chi connectivity index (χ2v) is 5.19. The van der Waals surface area contributed by atoms with Crippen LogP contribution in [0, 0.1) is 10.1 Å². The first-order valence-corrected chi connectivity index (χ1v) is 6.90. The van der Waals surface area contributed by atoms with Crippen LogP contribution in [0.1, 0.15) is 26.7 Å². The molecule has 0 saturated carbocycles. The standard InChI is InChI=1S/C12H20ClN5O2/c1-9(2)17(3)7-5-4-6-14-12-10(18(19)20)11(13)15-8-16-12/h8-9H,4-7H2,1-3H3,(H,14,15,16). The Labute approximate surface area is 123 Å². The largest absolute Gasteiger partial charge is 0.364 e. The van der Waals surface area contributed by atoms with Gasteiger partial charge in [0.25, 0.3) is 0 Å². The minimum absolute atomic E-state index is 0.146. The zero-order valence-corrected chi connectivity index (χ0v) is 12.7. The number of nitrogens with zero attached hydrogens (tertiary/aromatic N) is 4. The minimum atomic E-state index is -0.572. The van der Waals surface area contributed by atoms with Crippen molar-refractivity contribution in [3.8, 4) is 0 Å². The molecule has 1 rings (SSSR count). The van der Waals surface area contributed by atoms with E-state index < -0.39 is 4.92 Å². The van der Waals surface area contributed by atoms with Crippen molar-refractivity contribution >= 4 is 23.1 Å². The molecule has 0 aliphatic carbocycles. The number of nitro groups is 1. The normalized spacial score (nSPS) is 11.1. The van der Waals surface area contributed by atoms with E-state index in [1.807, 2.05) is 0 Å². The van der Waals surface area contributed by atoms with Crippen LogP contribution in [0.4, 0.5) is 11.5 Å². The second-order valence-electron chi connectivity index (χ2n) is 4.83. The Bertz CT molecular complexity index is 455. The molecule has 0 aromatic carbocycles. The highest BCUT2D eigenvalue weighted by atomic mass is 35.5. The quantitative estimate of drug-likeness (QED) is 0.344. The summed E-state index contributed by atoms with van der Waals surface area (Å²) in [5.74, 6) is 0.173. The Balaban J connectivity index is 2.43. The molecule has 7 nitrogen and oxygen atoms in total. The number of aromatic nitrogens is 2. The van der Waals surface area contributed by atoms with E-state index in [0.29, 0.717) is 12.6 Å². The van der Waals surface area contributed by atoms with E-state index in [2.05, 4.69) is 41.1 Å². The predicted molar refractivity (Wildman–Crippen MR) is 79.2 cm³/mol. The molecule has 0 spiro atoms. The molecule has 0 atom stereocenters. The first-order chi connectivity index (χ1) is 9.43. The third-order valence-electron chi connectivity index (χ3n) is 3.07. The average Bonchev–Trinajstić information content (AvgIpc) is 2.37. The smallest absolute Gasteiger partial charge is 0.348 e. The van der Waals surface area contributed by atoms with Crippen molar-refractivity contribution in [3.05, 3.63) is 21.6 Å². The molecule has 0 radical (unpaired) electrons. The summed E-state index contributed by atoms with van der Waals surface area (Å²) in [6.45, 7) is 5.89. The molecule has 8 heteroatoms. The van der Waals surface area contributed by atoms with Gasteiger partial charge in [-0.3, -0.25) is 10.1 Å². The minimum Gasteiger partial charge on any atom is -0.364 e. The summed E-state index contributed by atoms with van der Waals surface area (Å²) in [5, 5.41) is 13.7. The molecule has 0 bridgehead atoms. The summed E-state index contributed by atoms with van der Waals surface area (Å²) in [6, 6.07) is 0.518. The Kier molecular flexibility index (Phi) is 6.60. The summed E-state index contributed by atoms with van der Waals surface area (Å²) in [4.78, 5) is 20.0. The van der Waals surface area contributed by atoms with Crippen molar-refractivity contribution in [2.75, 3.05) is 25.5 Å². The molecule has 1 N–H and O–H groups in total. The van der Waals surface area contributed by atoms with Crippen LogP contribution >= 0.6 is 11.6 Å². The first-order valence-electron chi connectivity index (χ1n) is 6.52. The lowest BCUT2D eigenvalue weighted by Gasteiger charge is -2.20. The van der Waals surface area contributed by atoms with Gasteiger partial charge in [0.15, 0.2) is 0 Å². The Hall–Kier alpha value is -1.47. The van der Waals surface area contributed by atoms with Gasteiger partial charge in [0.2, 0.25) is 11.0 Å². The van der Waals surface area contributed by atoms with Gasteiger partial charge < -0.3 is 10.2 Å². The van der Waals surface area contributed by atoms with Crippen molar-refractivity contribution in [2.45, 2.75) is 32.7 Å². The van der Waals surface area contributed by atoms with E-state index in [0.717, 1.165) is 19.4 Å². The highest BCUT2D eigenvalue weighted by molar-refractivity contribution is 6.31. The molecule has 0 unspecified atom stereocenters. The maximum absolute atomic E-state index is 10.9. The van der Waals surface area contributed by atoms with Crippen molar-refractivity contribution in [3.63, 3.8) is 0 Å². The molecule has 1 heterocycles. The zero-order chi connectivity index (χ0) is 15.1. The summed E-state index contributed by atoms with van der Waals surface area (Å²) >= 11 is 5.70. The van der Waals surface area contributed by atoms with E-state index in [-0.39, 0.29) is 16.7 Å². The van der Waals surface area contributed by atoms with E-state index in [1.54, 1.807) is 0 Å². The van der Waals surface area contributed by atoms with Gasteiger partial charge >= 0.3 is 5.69 Å². The van der Waals surface area contributed by atoms with Crippen LogP contribution in [0.15, 0.2) is 6.33 Å². The summed E-state index contributed by atoms with van der Waals surface area (Å²) in [5.41, 5.74) is -0.270. The molecular formula is C12H20ClN5O2. The number of rotatable bonds is 8. The zero-order valence-electron chi connectivity index (χ0n) is 12.0. The van der Waals surface area contributed by atoms with E-state index in [4.69, 9.17) is 11.6 Å². The van der Waals surface area contributed by atoms with Gasteiger partial charge in [0.05, 0.1) is 4.92 Å². The Morgan fingerprint density at radius 2 is 2.15 bits per heavy atom. The van der Waals surface area contributed by atoms with Crippen molar-refractivity contribution in [2.24, 2.45) is 0 Å². The maximum Gasteiger partial charge on any atom is 0.348 e. The van der Waals surface area contributed by atoms with Crippen LogP contribution in [-0.4, -0.2) is 46.0 Å². The SMILES string of the molecule is CC(C)N(C)CCCCNc1ncnc(Cl)c1[N+](=O)[O-]. The van der Waals surface area contributed by atoms with Crippen LogP contribution in [0.5, 0.6) is 0 Å². The topological polar surface area (TPSA) is 84.2 Å². The molecule has 1 aromatic heterocycles. The lowest BCUT2D eigenvalue weighted by molar-refractivity contribution is -0.384. The lowest BCUT2D eigenvalue weighted by atomic mass is 10.2. The fourth-order valence-electron chi connectivity index (χ4n) is 1.60. The molecule has 0 aliphatic heterocycles. The van der Waals surface area contributed by atoms with Gasteiger partial charge in [-0.25, -0.2) is 9.97 Å². The number of hydrogen-bond acceptors (Lipinski definition) is 6. The van der Waals surface area contributed by atoms with E-state index in [9.17, 15) is 10.1 Å². The molecule has 1 aromatic rings.